The number of aliphatic hydroxyl groups excluding tert-OH is 5. The van der Waals surface area contributed by atoms with E-state index in [1.54, 1.807) is 6.08 Å². The van der Waals surface area contributed by atoms with Crippen LogP contribution in [0.25, 0.3) is 0 Å². The summed E-state index contributed by atoms with van der Waals surface area (Å²) in [4.78, 5) is 13.1. The van der Waals surface area contributed by atoms with E-state index in [4.69, 9.17) is 9.47 Å². The van der Waals surface area contributed by atoms with Gasteiger partial charge in [-0.25, -0.2) is 0 Å². The molecule has 0 aromatic rings. The first-order valence-electron chi connectivity index (χ1n) is 34.2. The van der Waals surface area contributed by atoms with Gasteiger partial charge in [0.25, 0.3) is 0 Å². The van der Waals surface area contributed by atoms with Gasteiger partial charge in [0, 0.05) is 6.42 Å². The minimum atomic E-state index is -1.57. The molecule has 1 rings (SSSR count). The molecule has 1 heterocycles. The molecule has 1 aliphatic rings. The van der Waals surface area contributed by atoms with Crippen molar-refractivity contribution in [1.82, 2.24) is 5.32 Å². The molecule has 460 valence electrons. The molecule has 1 saturated heterocycles. The number of allylic oxidation sites excluding steroid dienone is 5. The van der Waals surface area contributed by atoms with Crippen LogP contribution in [0.3, 0.4) is 0 Å². The molecule has 0 aliphatic carbocycles. The summed E-state index contributed by atoms with van der Waals surface area (Å²) < 4.78 is 11.3. The van der Waals surface area contributed by atoms with Crippen LogP contribution in [0.15, 0.2) is 36.5 Å². The van der Waals surface area contributed by atoms with Crippen LogP contribution in [0.2, 0.25) is 0 Å². The van der Waals surface area contributed by atoms with E-state index in [-0.39, 0.29) is 12.5 Å². The lowest BCUT2D eigenvalue weighted by Gasteiger charge is -2.40. The summed E-state index contributed by atoms with van der Waals surface area (Å²) in [5.74, 6) is -0.182. The fraction of sp³-hybridized carbons (Fsp3) is 0.899. The number of hydrogen-bond acceptors (Lipinski definition) is 8. The summed E-state index contributed by atoms with van der Waals surface area (Å²) in [5.41, 5.74) is 0. The van der Waals surface area contributed by atoms with Gasteiger partial charge in [-0.3, -0.25) is 4.79 Å². The largest absolute Gasteiger partial charge is 0.394 e. The van der Waals surface area contributed by atoms with E-state index in [0.717, 1.165) is 38.5 Å². The maximum atomic E-state index is 13.1. The van der Waals surface area contributed by atoms with E-state index in [1.165, 1.54) is 283 Å². The number of carbonyl (C=O) groups is 1. The maximum Gasteiger partial charge on any atom is 0.220 e. The lowest BCUT2D eigenvalue weighted by atomic mass is 9.99. The highest BCUT2D eigenvalue weighted by molar-refractivity contribution is 5.76. The lowest BCUT2D eigenvalue weighted by Crippen LogP contribution is -2.60. The number of unbranched alkanes of at least 4 members (excludes halogenated alkanes) is 46. The van der Waals surface area contributed by atoms with Gasteiger partial charge in [0.1, 0.15) is 24.4 Å². The van der Waals surface area contributed by atoms with Gasteiger partial charge in [-0.1, -0.05) is 314 Å². The molecule has 7 atom stereocenters. The Morgan fingerprint density at radius 1 is 0.423 bits per heavy atom. The molecule has 1 amide bonds. The molecule has 1 fully saturated rings. The summed E-state index contributed by atoms with van der Waals surface area (Å²) >= 11 is 0. The van der Waals surface area contributed by atoms with Crippen molar-refractivity contribution < 1.29 is 39.8 Å². The van der Waals surface area contributed by atoms with Crippen LogP contribution >= 0.6 is 0 Å². The molecule has 9 heteroatoms. The first-order chi connectivity index (χ1) is 38.3. The molecule has 0 radical (unpaired) electrons. The molecule has 0 saturated carbocycles. The molecule has 0 aromatic heterocycles. The molecule has 9 nitrogen and oxygen atoms in total. The summed E-state index contributed by atoms with van der Waals surface area (Å²) in [6, 6.07) is -0.821. The number of ether oxygens (including phenoxy) is 2. The number of amides is 1. The minimum Gasteiger partial charge on any atom is -0.394 e. The maximum absolute atomic E-state index is 13.1. The van der Waals surface area contributed by atoms with Gasteiger partial charge in [-0.15, -0.1) is 0 Å². The summed E-state index contributed by atoms with van der Waals surface area (Å²) in [5, 5.41) is 54.6. The SMILES string of the molecule is CCCCCCCCCCCC/C=C/CC/C=C/C(O)C(COC1OC(CO)C(O)C(O)C1O)NC(=O)CCCCCCCCCCCCCCCCCCC/C=C\CCCCCCCCCCCCCCCCCCCC. The Morgan fingerprint density at radius 3 is 1.08 bits per heavy atom. The quantitative estimate of drug-likeness (QED) is 0.0261. The third-order valence-corrected chi connectivity index (χ3v) is 16.4. The van der Waals surface area contributed by atoms with Gasteiger partial charge >= 0.3 is 0 Å². The normalized spacial score (nSPS) is 18.8. The van der Waals surface area contributed by atoms with Crippen molar-refractivity contribution in [1.29, 1.82) is 0 Å². The highest BCUT2D eigenvalue weighted by Crippen LogP contribution is 2.23. The average molecular weight is 1100 g/mol. The number of nitrogens with one attached hydrogen (secondary N) is 1. The van der Waals surface area contributed by atoms with Gasteiger partial charge in [-0.2, -0.15) is 0 Å². The number of hydrogen-bond donors (Lipinski definition) is 6. The zero-order valence-electron chi connectivity index (χ0n) is 51.4. The average Bonchev–Trinajstić information content (AvgIpc) is 3.45. The van der Waals surface area contributed by atoms with Crippen LogP contribution in [0.5, 0.6) is 0 Å². The van der Waals surface area contributed by atoms with Crippen molar-refractivity contribution >= 4 is 5.91 Å². The van der Waals surface area contributed by atoms with Crippen molar-refractivity contribution in [3.8, 4) is 0 Å². The Morgan fingerprint density at radius 2 is 0.731 bits per heavy atom. The first kappa shape index (κ1) is 74.4. The standard InChI is InChI=1S/C69H131NO8/c1-3-5-7-9-11-13-15-17-19-21-22-23-24-25-26-27-28-29-30-31-32-33-34-35-36-37-38-39-40-41-42-43-45-47-49-51-53-55-57-59-65(73)70-62(61-77-69-68(76)67(75)66(74)64(60-71)78-69)63(72)58-56-54-52-50-48-46-44-20-18-16-14-12-10-8-6-4-2/h31-32,48,50,56,58,62-64,66-69,71-72,74-76H,3-30,33-47,49,51-55,57,59-61H2,1-2H3,(H,70,73)/b32-31-,50-48+,58-56+. The second-order valence-corrected chi connectivity index (χ2v) is 24.0. The van der Waals surface area contributed by atoms with Crippen molar-refractivity contribution in [2.24, 2.45) is 0 Å². The summed E-state index contributed by atoms with van der Waals surface area (Å²) in [6.45, 7) is 3.80. The van der Waals surface area contributed by atoms with Crippen molar-refractivity contribution in [2.45, 2.75) is 384 Å². The van der Waals surface area contributed by atoms with Gasteiger partial charge in [0.2, 0.25) is 5.91 Å². The van der Waals surface area contributed by atoms with Crippen LogP contribution < -0.4 is 5.32 Å². The van der Waals surface area contributed by atoms with E-state index in [0.29, 0.717) is 6.42 Å². The zero-order chi connectivity index (χ0) is 56.5. The van der Waals surface area contributed by atoms with E-state index in [2.05, 4.69) is 43.5 Å². The molecule has 6 N–H and O–H groups in total. The number of carbonyl (C=O) groups excluding carboxylic acids is 1. The van der Waals surface area contributed by atoms with Gasteiger partial charge in [0.05, 0.1) is 25.4 Å². The first-order valence-corrected chi connectivity index (χ1v) is 34.2. The Balaban J connectivity index is 2.05. The zero-order valence-corrected chi connectivity index (χ0v) is 51.4. The predicted octanol–water partition coefficient (Wildman–Crippen LogP) is 18.3. The van der Waals surface area contributed by atoms with Crippen LogP contribution in [0.1, 0.15) is 341 Å². The topological polar surface area (TPSA) is 149 Å². The predicted molar refractivity (Wildman–Crippen MR) is 332 cm³/mol. The number of aliphatic hydroxyl groups is 5. The monoisotopic (exact) mass is 1100 g/mol. The third-order valence-electron chi connectivity index (χ3n) is 16.4. The molecule has 0 aromatic carbocycles. The molecule has 7 unspecified atom stereocenters. The van der Waals surface area contributed by atoms with Crippen LogP contribution in [0.4, 0.5) is 0 Å². The summed E-state index contributed by atoms with van der Waals surface area (Å²) in [7, 11) is 0. The lowest BCUT2D eigenvalue weighted by molar-refractivity contribution is -0.302. The number of rotatable bonds is 60. The van der Waals surface area contributed by atoms with Crippen LogP contribution in [-0.2, 0) is 14.3 Å². The van der Waals surface area contributed by atoms with Gasteiger partial charge in [0.15, 0.2) is 6.29 Å². The Kier molecular flexibility index (Phi) is 55.9. The van der Waals surface area contributed by atoms with E-state index >= 15 is 0 Å². The second-order valence-electron chi connectivity index (χ2n) is 24.0. The molecule has 1 aliphatic heterocycles. The van der Waals surface area contributed by atoms with E-state index in [1.807, 2.05) is 6.08 Å². The highest BCUT2D eigenvalue weighted by atomic mass is 16.7. The summed E-state index contributed by atoms with van der Waals surface area (Å²) in [6.07, 6.45) is 71.3. The Hall–Kier alpha value is -1.59. The molecule has 0 bridgehead atoms. The molecular weight excluding hydrogens is 971 g/mol. The fourth-order valence-corrected chi connectivity index (χ4v) is 11.1. The smallest absolute Gasteiger partial charge is 0.220 e. The third kappa shape index (κ3) is 47.0. The Labute approximate surface area is 482 Å². The van der Waals surface area contributed by atoms with Gasteiger partial charge < -0.3 is 40.3 Å². The van der Waals surface area contributed by atoms with Gasteiger partial charge in [-0.05, 0) is 57.8 Å². The van der Waals surface area contributed by atoms with E-state index in [9.17, 15) is 30.3 Å². The van der Waals surface area contributed by atoms with Crippen molar-refractivity contribution in [2.75, 3.05) is 13.2 Å². The van der Waals surface area contributed by atoms with E-state index < -0.39 is 49.5 Å². The molecule has 78 heavy (non-hydrogen) atoms. The highest BCUT2D eigenvalue weighted by Gasteiger charge is 2.44. The van der Waals surface area contributed by atoms with Crippen molar-refractivity contribution in [3.05, 3.63) is 36.5 Å². The van der Waals surface area contributed by atoms with Crippen LogP contribution in [0, 0.1) is 0 Å². The molecular formula is C69H131NO8. The molecule has 0 spiro atoms. The Bertz CT molecular complexity index is 1320. The van der Waals surface area contributed by atoms with Crippen LogP contribution in [-0.4, -0.2) is 87.5 Å². The second kappa shape index (κ2) is 58.6. The fourth-order valence-electron chi connectivity index (χ4n) is 11.1. The minimum absolute atomic E-state index is 0.182. The van der Waals surface area contributed by atoms with Crippen molar-refractivity contribution in [3.63, 3.8) is 0 Å².